The van der Waals surface area contributed by atoms with E-state index in [4.69, 9.17) is 0 Å². The van der Waals surface area contributed by atoms with E-state index in [0.717, 1.165) is 0 Å². The number of rotatable bonds is 0. The van der Waals surface area contributed by atoms with Crippen LogP contribution < -0.4 is 11.2 Å². The smallest absolute Gasteiger partial charge is 0.303 e. The Labute approximate surface area is 83.8 Å². The van der Waals surface area contributed by atoms with Gasteiger partial charge < -0.3 is 4.57 Å². The molecule has 0 aliphatic carbocycles. The number of aromatic nitrogens is 2. The van der Waals surface area contributed by atoms with Crippen molar-refractivity contribution in [3.05, 3.63) is 32.6 Å². The van der Waals surface area contributed by atoms with Gasteiger partial charge in [-0.1, -0.05) is 0 Å². The van der Waals surface area contributed by atoms with Crippen LogP contribution in [-0.4, -0.2) is 9.55 Å². The quantitative estimate of drug-likeness (QED) is 0.640. The zero-order valence-corrected chi connectivity index (χ0v) is 12.0. The Hall–Kier alpha value is -0.385. The van der Waals surface area contributed by atoms with E-state index in [2.05, 4.69) is 4.98 Å². The fraction of sp³-hybridized carbons (Fsp3) is 0.333. The molecule has 0 bridgehead atoms. The number of nitrogens with zero attached hydrogens (tertiary/aromatic N) is 1. The second-order valence-corrected chi connectivity index (χ2v) is 2.18. The monoisotopic (exact) mass is 342 g/mol. The van der Waals surface area contributed by atoms with Crippen LogP contribution in [0.5, 0.6) is 0 Å². The van der Waals surface area contributed by atoms with E-state index in [-0.39, 0.29) is 38.9 Å². The molecule has 0 aromatic carbocycles. The second-order valence-electron chi connectivity index (χ2n) is 2.18. The molecular formula is C6H8HgN2O2+2. The van der Waals surface area contributed by atoms with Crippen molar-refractivity contribution in [2.24, 2.45) is 7.05 Å². The van der Waals surface area contributed by atoms with E-state index < -0.39 is 0 Å². The maximum Gasteiger partial charge on any atom is 2.00 e. The van der Waals surface area contributed by atoms with Gasteiger partial charge in [-0.2, -0.15) is 0 Å². The molecule has 0 saturated carbocycles. The number of nitrogens with one attached hydrogen (secondary N) is 1. The standard InChI is InChI=1S/C6H8N2O2.Hg/c1-4-3-8(2)6(10)7-5(4)9;/h3H,1-2H3,(H,7,9,10);/q;+2. The summed E-state index contributed by atoms with van der Waals surface area (Å²) < 4.78 is 1.33. The van der Waals surface area contributed by atoms with Crippen molar-refractivity contribution in [1.82, 2.24) is 9.55 Å². The van der Waals surface area contributed by atoms with E-state index in [0.29, 0.717) is 5.56 Å². The van der Waals surface area contributed by atoms with Crippen LogP contribution in [0.15, 0.2) is 15.8 Å². The molecule has 4 nitrogen and oxygen atoms in total. The summed E-state index contributed by atoms with van der Waals surface area (Å²) in [6.07, 6.45) is 1.50. The Morgan fingerprint density at radius 3 is 2.45 bits per heavy atom. The number of aryl methyl sites for hydroxylation is 2. The minimum Gasteiger partial charge on any atom is -0.303 e. The molecule has 0 saturated heterocycles. The normalized spacial score (nSPS) is 8.91. The van der Waals surface area contributed by atoms with Crippen molar-refractivity contribution in [3.8, 4) is 0 Å². The molecule has 0 amide bonds. The van der Waals surface area contributed by atoms with Gasteiger partial charge >= 0.3 is 33.4 Å². The summed E-state index contributed by atoms with van der Waals surface area (Å²) in [6, 6.07) is 0. The number of H-pyrrole nitrogens is 1. The van der Waals surface area contributed by atoms with E-state index in [1.807, 2.05) is 0 Å². The van der Waals surface area contributed by atoms with Crippen LogP contribution in [0.4, 0.5) is 0 Å². The Morgan fingerprint density at radius 2 is 2.00 bits per heavy atom. The Bertz CT molecular complexity index is 321. The molecule has 0 atom stereocenters. The molecule has 54 valence electrons. The first-order valence-corrected chi connectivity index (χ1v) is 2.88. The largest absolute Gasteiger partial charge is 2.00 e. The van der Waals surface area contributed by atoms with Crippen LogP contribution in [-0.2, 0) is 34.7 Å². The fourth-order valence-corrected chi connectivity index (χ4v) is 0.692. The third kappa shape index (κ3) is 2.29. The third-order valence-electron chi connectivity index (χ3n) is 1.29. The van der Waals surface area contributed by atoms with E-state index in [9.17, 15) is 9.59 Å². The molecule has 0 radical (unpaired) electrons. The minimum absolute atomic E-state index is 0. The molecule has 5 heteroatoms. The minimum atomic E-state index is -0.379. The summed E-state index contributed by atoms with van der Waals surface area (Å²) in [5.74, 6) is 0. The van der Waals surface area contributed by atoms with Crippen molar-refractivity contribution in [2.45, 2.75) is 6.92 Å². The van der Waals surface area contributed by atoms with Crippen LogP contribution in [0.3, 0.4) is 0 Å². The van der Waals surface area contributed by atoms with Gasteiger partial charge in [0.25, 0.3) is 5.56 Å². The first-order chi connectivity index (χ1) is 4.61. The van der Waals surface area contributed by atoms with Gasteiger partial charge in [0.15, 0.2) is 0 Å². The Kier molecular flexibility index (Phi) is 3.72. The zero-order chi connectivity index (χ0) is 7.72. The summed E-state index contributed by atoms with van der Waals surface area (Å²) in [5, 5.41) is 0. The predicted octanol–water partition coefficient (Wildman–Crippen LogP) is -0.620. The topological polar surface area (TPSA) is 54.9 Å². The van der Waals surface area contributed by atoms with Crippen molar-refractivity contribution < 1.29 is 27.7 Å². The third-order valence-corrected chi connectivity index (χ3v) is 1.29. The van der Waals surface area contributed by atoms with E-state index in [1.54, 1.807) is 14.0 Å². The summed E-state index contributed by atoms with van der Waals surface area (Å²) in [4.78, 5) is 23.6. The Morgan fingerprint density at radius 1 is 1.45 bits per heavy atom. The van der Waals surface area contributed by atoms with Gasteiger partial charge in [-0.05, 0) is 6.92 Å². The molecule has 0 unspecified atom stereocenters. The second kappa shape index (κ2) is 3.85. The van der Waals surface area contributed by atoms with Crippen molar-refractivity contribution >= 4 is 0 Å². The molecule has 1 aromatic heterocycles. The van der Waals surface area contributed by atoms with Crippen LogP contribution in [0, 0.1) is 6.92 Å². The summed E-state index contributed by atoms with van der Waals surface area (Å²) in [5.41, 5.74) is -0.152. The van der Waals surface area contributed by atoms with E-state index in [1.165, 1.54) is 10.8 Å². The van der Waals surface area contributed by atoms with Gasteiger partial charge in [0.1, 0.15) is 0 Å². The summed E-state index contributed by atoms with van der Waals surface area (Å²) in [7, 11) is 1.59. The molecule has 0 aliphatic rings. The molecule has 1 heterocycles. The molecule has 1 aromatic rings. The fourth-order valence-electron chi connectivity index (χ4n) is 0.692. The van der Waals surface area contributed by atoms with Crippen LogP contribution >= 0.6 is 0 Å². The van der Waals surface area contributed by atoms with Crippen LogP contribution in [0.25, 0.3) is 0 Å². The Balaban J connectivity index is 0.000001000. The average Bonchev–Trinajstić information content (AvgIpc) is 1.84. The van der Waals surface area contributed by atoms with Crippen molar-refractivity contribution in [2.75, 3.05) is 0 Å². The predicted molar refractivity (Wildman–Crippen MR) is 37.0 cm³/mol. The number of aromatic amines is 1. The van der Waals surface area contributed by atoms with Crippen molar-refractivity contribution in [3.63, 3.8) is 0 Å². The van der Waals surface area contributed by atoms with Gasteiger partial charge in [-0.15, -0.1) is 0 Å². The zero-order valence-electron chi connectivity index (χ0n) is 6.55. The van der Waals surface area contributed by atoms with Crippen molar-refractivity contribution in [1.29, 1.82) is 0 Å². The molecule has 11 heavy (non-hydrogen) atoms. The molecule has 0 fully saturated rings. The maximum absolute atomic E-state index is 10.7. The molecule has 0 aliphatic heterocycles. The average molecular weight is 341 g/mol. The van der Waals surface area contributed by atoms with Gasteiger partial charge in [0.2, 0.25) is 0 Å². The number of hydrogen-bond donors (Lipinski definition) is 1. The summed E-state index contributed by atoms with van der Waals surface area (Å²) >= 11 is 0. The van der Waals surface area contributed by atoms with Gasteiger partial charge in [0.05, 0.1) is 0 Å². The first-order valence-electron chi connectivity index (χ1n) is 2.88. The maximum atomic E-state index is 10.7. The first kappa shape index (κ1) is 10.6. The van der Waals surface area contributed by atoms with Crippen LogP contribution in [0.1, 0.15) is 5.56 Å². The summed E-state index contributed by atoms with van der Waals surface area (Å²) in [6.45, 7) is 1.65. The van der Waals surface area contributed by atoms with Gasteiger partial charge in [-0.25, -0.2) is 4.79 Å². The molecular weight excluding hydrogens is 333 g/mol. The number of hydrogen-bond acceptors (Lipinski definition) is 2. The molecule has 1 rings (SSSR count). The molecule has 0 spiro atoms. The van der Waals surface area contributed by atoms with Crippen LogP contribution in [0.2, 0.25) is 0 Å². The van der Waals surface area contributed by atoms with Gasteiger partial charge in [-0.3, -0.25) is 9.78 Å². The SMILES string of the molecule is Cc1cn(C)c(=O)[nH]c1=O.[Hg+2]. The molecule has 1 N–H and O–H groups in total. The van der Waals surface area contributed by atoms with E-state index >= 15 is 0 Å². The van der Waals surface area contributed by atoms with Gasteiger partial charge in [0, 0.05) is 18.8 Å².